The van der Waals surface area contributed by atoms with Gasteiger partial charge in [-0.1, -0.05) is 51.3 Å². The van der Waals surface area contributed by atoms with Crippen LogP contribution in [0.1, 0.15) is 16.1 Å². The van der Waals surface area contributed by atoms with Gasteiger partial charge in [-0.05, 0) is 42.0 Å². The number of hydrogen-bond acceptors (Lipinski definition) is 4. The van der Waals surface area contributed by atoms with E-state index in [0.29, 0.717) is 29.6 Å². The summed E-state index contributed by atoms with van der Waals surface area (Å²) < 4.78 is 8.17. The average molecular weight is 524 g/mol. The van der Waals surface area contributed by atoms with Gasteiger partial charge in [0.1, 0.15) is 5.75 Å². The fourth-order valence-corrected chi connectivity index (χ4v) is 4.38. The first kappa shape index (κ1) is 22.1. The summed E-state index contributed by atoms with van der Waals surface area (Å²) in [6.45, 7) is 3.94. The van der Waals surface area contributed by atoms with E-state index >= 15 is 0 Å². The first-order valence-electron chi connectivity index (χ1n) is 9.85. The number of carbonyl (C=O) groups is 1. The normalized spacial score (nSPS) is 14.6. The highest BCUT2D eigenvalue weighted by molar-refractivity contribution is 9.10. The van der Waals surface area contributed by atoms with Gasteiger partial charge in [0, 0.05) is 48.4 Å². The van der Waals surface area contributed by atoms with E-state index in [0.717, 1.165) is 29.1 Å². The second kappa shape index (κ2) is 10.0. The third kappa shape index (κ3) is 5.80. The highest BCUT2D eigenvalue weighted by atomic mass is 79.9. The zero-order chi connectivity index (χ0) is 21.8. The van der Waals surface area contributed by atoms with E-state index in [4.69, 9.17) is 27.9 Å². The van der Waals surface area contributed by atoms with Crippen LogP contribution in [0.5, 0.6) is 5.75 Å². The minimum atomic E-state index is -0.0668. The van der Waals surface area contributed by atoms with E-state index in [9.17, 15) is 4.79 Å². The second-order valence-electron chi connectivity index (χ2n) is 7.29. The van der Waals surface area contributed by atoms with Crippen molar-refractivity contribution in [2.24, 2.45) is 0 Å². The summed E-state index contributed by atoms with van der Waals surface area (Å²) in [4.78, 5) is 17.0. The monoisotopic (exact) mass is 522 g/mol. The zero-order valence-corrected chi connectivity index (χ0v) is 19.8. The van der Waals surface area contributed by atoms with Crippen molar-refractivity contribution < 1.29 is 9.53 Å². The molecule has 0 bridgehead atoms. The van der Waals surface area contributed by atoms with Crippen LogP contribution < -0.4 is 4.74 Å². The first-order chi connectivity index (χ1) is 15.0. The Hall–Kier alpha value is -2.06. The van der Waals surface area contributed by atoms with Gasteiger partial charge in [0.15, 0.2) is 12.4 Å². The van der Waals surface area contributed by atoms with Gasteiger partial charge in [0.2, 0.25) is 0 Å². The molecule has 0 saturated carbocycles. The van der Waals surface area contributed by atoms with E-state index in [1.807, 2.05) is 29.2 Å². The smallest absolute Gasteiger partial charge is 0.274 e. The second-order valence-corrected chi connectivity index (χ2v) is 9.05. The number of benzene rings is 2. The van der Waals surface area contributed by atoms with Crippen LogP contribution in [0.3, 0.4) is 0 Å². The maximum Gasteiger partial charge on any atom is 0.274 e. The van der Waals surface area contributed by atoms with E-state index in [2.05, 4.69) is 32.0 Å². The third-order valence-corrected chi connectivity index (χ3v) is 6.08. The Bertz CT molecular complexity index is 1070. The first-order valence-corrected chi connectivity index (χ1v) is 11.4. The zero-order valence-electron chi connectivity index (χ0n) is 16.7. The highest BCUT2D eigenvalue weighted by Gasteiger charge is 2.23. The molecule has 4 rings (SSSR count). The Balaban J connectivity index is 1.29. The molecule has 1 aromatic heterocycles. The predicted molar refractivity (Wildman–Crippen MR) is 125 cm³/mol. The number of carbonyl (C=O) groups excluding carboxylic acids is 1. The molecule has 31 heavy (non-hydrogen) atoms. The molecule has 0 radical (unpaired) electrons. The number of piperazine rings is 1. The Kier molecular flexibility index (Phi) is 7.17. The van der Waals surface area contributed by atoms with Crippen molar-refractivity contribution in [3.63, 3.8) is 0 Å². The third-order valence-electron chi connectivity index (χ3n) is 5.06. The van der Waals surface area contributed by atoms with E-state index in [-0.39, 0.29) is 12.6 Å². The molecule has 0 spiro atoms. The summed E-state index contributed by atoms with van der Waals surface area (Å²) in [7, 11) is 0. The summed E-state index contributed by atoms with van der Waals surface area (Å²) in [5.41, 5.74) is 1.59. The van der Waals surface area contributed by atoms with Gasteiger partial charge in [-0.2, -0.15) is 5.10 Å². The van der Waals surface area contributed by atoms with Crippen LogP contribution in [0.2, 0.25) is 10.0 Å². The lowest BCUT2D eigenvalue weighted by Gasteiger charge is -2.34. The van der Waals surface area contributed by atoms with E-state index in [1.54, 1.807) is 29.1 Å². The van der Waals surface area contributed by atoms with Crippen LogP contribution in [-0.2, 0) is 13.3 Å². The standard InChI is InChI=1S/C22H21BrCl2N4O2/c23-17-4-5-21(19(25)13-17)31-15-29-7-6-20(26-29)22(30)28-10-8-27(9-11-28)14-16-2-1-3-18(24)12-16/h1-7,12-13H,8-11,14-15H2. The summed E-state index contributed by atoms with van der Waals surface area (Å²) >= 11 is 15.6. The molecule has 6 nitrogen and oxygen atoms in total. The van der Waals surface area contributed by atoms with Crippen molar-refractivity contribution in [3.8, 4) is 5.75 Å². The fraction of sp³-hybridized carbons (Fsp3) is 0.273. The summed E-state index contributed by atoms with van der Waals surface area (Å²) in [6, 6.07) is 15.0. The number of amides is 1. The summed E-state index contributed by atoms with van der Waals surface area (Å²) in [5.74, 6) is 0.492. The molecule has 0 atom stereocenters. The molecule has 1 fully saturated rings. The van der Waals surface area contributed by atoms with Gasteiger partial charge in [0.05, 0.1) is 5.02 Å². The minimum Gasteiger partial charge on any atom is -0.470 e. The Morgan fingerprint density at radius 3 is 2.61 bits per heavy atom. The molecular weight excluding hydrogens is 503 g/mol. The maximum atomic E-state index is 12.8. The SMILES string of the molecule is O=C(c1ccn(COc2ccc(Br)cc2Cl)n1)N1CCN(Cc2cccc(Cl)c2)CC1. The van der Waals surface area contributed by atoms with Gasteiger partial charge >= 0.3 is 0 Å². The van der Waals surface area contributed by atoms with Crippen molar-refractivity contribution in [2.75, 3.05) is 26.2 Å². The van der Waals surface area contributed by atoms with Crippen LogP contribution in [0.4, 0.5) is 0 Å². The quantitative estimate of drug-likeness (QED) is 0.459. The molecular formula is C22H21BrCl2N4O2. The number of aromatic nitrogens is 2. The van der Waals surface area contributed by atoms with Crippen LogP contribution in [0, 0.1) is 0 Å². The number of hydrogen-bond donors (Lipinski definition) is 0. The van der Waals surface area contributed by atoms with Gasteiger partial charge in [-0.15, -0.1) is 0 Å². The highest BCUT2D eigenvalue weighted by Crippen LogP contribution is 2.27. The van der Waals surface area contributed by atoms with E-state index in [1.165, 1.54) is 5.56 Å². The summed E-state index contributed by atoms with van der Waals surface area (Å²) in [5, 5.41) is 5.62. The van der Waals surface area contributed by atoms with Crippen molar-refractivity contribution >= 4 is 45.0 Å². The van der Waals surface area contributed by atoms with Gasteiger partial charge in [0.25, 0.3) is 5.91 Å². The fourth-order valence-electron chi connectivity index (χ4n) is 3.44. The van der Waals surface area contributed by atoms with Crippen molar-refractivity contribution in [1.29, 1.82) is 0 Å². The maximum absolute atomic E-state index is 12.8. The lowest BCUT2D eigenvalue weighted by molar-refractivity contribution is 0.0621. The number of rotatable bonds is 6. The van der Waals surface area contributed by atoms with Crippen molar-refractivity contribution in [3.05, 3.63) is 80.5 Å². The molecule has 9 heteroatoms. The molecule has 1 aliphatic heterocycles. The van der Waals surface area contributed by atoms with Crippen molar-refractivity contribution in [1.82, 2.24) is 19.6 Å². The average Bonchev–Trinajstić information content (AvgIpc) is 3.22. The molecule has 0 aliphatic carbocycles. The number of ether oxygens (including phenoxy) is 1. The van der Waals surface area contributed by atoms with Crippen LogP contribution in [0.15, 0.2) is 59.2 Å². The Morgan fingerprint density at radius 2 is 1.87 bits per heavy atom. The molecule has 2 heterocycles. The molecule has 1 saturated heterocycles. The lowest BCUT2D eigenvalue weighted by atomic mass is 10.2. The number of halogens is 3. The van der Waals surface area contributed by atoms with Crippen molar-refractivity contribution in [2.45, 2.75) is 13.3 Å². The molecule has 1 amide bonds. The Labute approximate surface area is 199 Å². The predicted octanol–water partition coefficient (Wildman–Crippen LogP) is 4.95. The van der Waals surface area contributed by atoms with Crippen LogP contribution in [0.25, 0.3) is 0 Å². The molecule has 162 valence electrons. The molecule has 0 unspecified atom stereocenters. The topological polar surface area (TPSA) is 50.6 Å². The molecule has 2 aromatic carbocycles. The molecule has 0 N–H and O–H groups in total. The van der Waals surface area contributed by atoms with Crippen LogP contribution in [-0.4, -0.2) is 51.7 Å². The lowest BCUT2D eigenvalue weighted by Crippen LogP contribution is -2.48. The van der Waals surface area contributed by atoms with Gasteiger partial charge < -0.3 is 9.64 Å². The minimum absolute atomic E-state index is 0.0668. The number of nitrogens with zero attached hydrogens (tertiary/aromatic N) is 4. The summed E-state index contributed by atoms with van der Waals surface area (Å²) in [6.07, 6.45) is 1.73. The van der Waals surface area contributed by atoms with Gasteiger partial charge in [-0.3, -0.25) is 9.69 Å². The molecule has 1 aliphatic rings. The van der Waals surface area contributed by atoms with Crippen LogP contribution >= 0.6 is 39.1 Å². The Morgan fingerprint density at radius 1 is 1.06 bits per heavy atom. The van der Waals surface area contributed by atoms with E-state index < -0.39 is 0 Å². The largest absolute Gasteiger partial charge is 0.470 e. The van der Waals surface area contributed by atoms with Gasteiger partial charge in [-0.25, -0.2) is 4.68 Å². The molecule has 3 aromatic rings.